The lowest BCUT2D eigenvalue weighted by atomic mass is 10.2. The van der Waals surface area contributed by atoms with Gasteiger partial charge in [-0.25, -0.2) is 9.78 Å². The Morgan fingerprint density at radius 3 is 2.76 bits per heavy atom. The van der Waals surface area contributed by atoms with Crippen LogP contribution in [0.3, 0.4) is 0 Å². The molecule has 0 aliphatic heterocycles. The Morgan fingerprint density at radius 1 is 1.33 bits per heavy atom. The van der Waals surface area contributed by atoms with Crippen molar-refractivity contribution in [1.82, 2.24) is 4.98 Å². The van der Waals surface area contributed by atoms with Gasteiger partial charge in [0.05, 0.1) is 17.6 Å². The molecule has 0 fully saturated rings. The number of nitrogens with one attached hydrogen (secondary N) is 1. The largest absolute Gasteiger partial charge is 0.465 e. The number of nitro benzene ring substituents is 1. The van der Waals surface area contributed by atoms with Crippen molar-refractivity contribution in [2.45, 2.75) is 6.92 Å². The van der Waals surface area contributed by atoms with Crippen molar-refractivity contribution in [2.24, 2.45) is 0 Å². The van der Waals surface area contributed by atoms with Gasteiger partial charge in [-0.15, -0.1) is 0 Å². The van der Waals surface area contributed by atoms with Crippen LogP contribution in [0.2, 0.25) is 0 Å². The van der Waals surface area contributed by atoms with E-state index in [2.05, 4.69) is 15.0 Å². The van der Waals surface area contributed by atoms with E-state index in [1.54, 1.807) is 19.1 Å². The minimum Gasteiger partial charge on any atom is -0.465 e. The Morgan fingerprint density at radius 2 is 2.10 bits per heavy atom. The van der Waals surface area contributed by atoms with Crippen LogP contribution >= 0.6 is 0 Å². The molecule has 7 nitrogen and oxygen atoms in total. The van der Waals surface area contributed by atoms with Gasteiger partial charge in [0.25, 0.3) is 5.69 Å². The predicted molar refractivity (Wildman–Crippen MR) is 76.7 cm³/mol. The molecule has 108 valence electrons. The summed E-state index contributed by atoms with van der Waals surface area (Å²) < 4.78 is 4.62. The van der Waals surface area contributed by atoms with E-state index in [0.29, 0.717) is 22.6 Å². The van der Waals surface area contributed by atoms with Crippen LogP contribution < -0.4 is 5.32 Å². The molecule has 7 heteroatoms. The fraction of sp³-hybridized carbons (Fsp3) is 0.143. The number of benzene rings is 1. The van der Waals surface area contributed by atoms with Crippen LogP contribution in [-0.4, -0.2) is 23.0 Å². The number of nitro groups is 1. The lowest BCUT2D eigenvalue weighted by molar-refractivity contribution is -0.385. The molecule has 0 unspecified atom stereocenters. The number of ether oxygens (including phenoxy) is 1. The maximum atomic E-state index is 11.4. The molecule has 0 bridgehead atoms. The quantitative estimate of drug-likeness (QED) is 0.528. The van der Waals surface area contributed by atoms with Gasteiger partial charge in [0, 0.05) is 23.5 Å². The molecule has 0 saturated heterocycles. The van der Waals surface area contributed by atoms with Gasteiger partial charge >= 0.3 is 5.97 Å². The fourth-order valence-corrected chi connectivity index (χ4v) is 1.78. The summed E-state index contributed by atoms with van der Waals surface area (Å²) in [5.41, 5.74) is 1.45. The Labute approximate surface area is 120 Å². The number of methoxy groups -OCH3 is 1. The highest BCUT2D eigenvalue weighted by Crippen LogP contribution is 2.24. The van der Waals surface area contributed by atoms with Crippen LogP contribution in [0.25, 0.3) is 0 Å². The smallest absolute Gasteiger partial charge is 0.338 e. The molecule has 0 aliphatic carbocycles. The normalized spacial score (nSPS) is 10.0. The van der Waals surface area contributed by atoms with Crippen LogP contribution in [0.1, 0.15) is 15.9 Å². The van der Waals surface area contributed by atoms with Crippen LogP contribution in [-0.2, 0) is 4.74 Å². The van der Waals surface area contributed by atoms with E-state index in [4.69, 9.17) is 0 Å². The number of nitrogens with zero attached hydrogens (tertiary/aromatic N) is 2. The van der Waals surface area contributed by atoms with E-state index >= 15 is 0 Å². The second-order valence-corrected chi connectivity index (χ2v) is 4.30. The first-order valence-corrected chi connectivity index (χ1v) is 6.07. The number of pyridine rings is 1. The number of anilines is 2. The summed E-state index contributed by atoms with van der Waals surface area (Å²) in [4.78, 5) is 26.0. The lowest BCUT2D eigenvalue weighted by Gasteiger charge is -2.07. The van der Waals surface area contributed by atoms with Crippen LogP contribution in [0.4, 0.5) is 17.2 Å². The van der Waals surface area contributed by atoms with E-state index in [-0.39, 0.29) is 5.69 Å². The monoisotopic (exact) mass is 287 g/mol. The fourth-order valence-electron chi connectivity index (χ4n) is 1.78. The second-order valence-electron chi connectivity index (χ2n) is 4.30. The average Bonchev–Trinajstić information content (AvgIpc) is 2.48. The molecule has 0 amide bonds. The molecule has 21 heavy (non-hydrogen) atoms. The highest BCUT2D eigenvalue weighted by molar-refractivity contribution is 5.90. The third-order valence-corrected chi connectivity index (χ3v) is 2.86. The van der Waals surface area contributed by atoms with Crippen LogP contribution in [0.15, 0.2) is 36.5 Å². The van der Waals surface area contributed by atoms with Gasteiger partial charge < -0.3 is 10.1 Å². The SMILES string of the molecule is COC(=O)c1ccnc(Nc2ccc(C)c([N+](=O)[O-])c2)c1. The molecule has 1 N–H and O–H groups in total. The molecule has 0 atom stereocenters. The zero-order valence-corrected chi connectivity index (χ0v) is 11.5. The Bertz CT molecular complexity index is 700. The molecule has 0 aliphatic rings. The molecule has 0 spiro atoms. The summed E-state index contributed by atoms with van der Waals surface area (Å²) in [6.07, 6.45) is 1.46. The Kier molecular flexibility index (Phi) is 4.13. The summed E-state index contributed by atoms with van der Waals surface area (Å²) in [5, 5.41) is 13.8. The zero-order valence-electron chi connectivity index (χ0n) is 11.5. The molecule has 1 heterocycles. The van der Waals surface area contributed by atoms with Crippen molar-refractivity contribution in [3.05, 3.63) is 57.8 Å². The van der Waals surface area contributed by atoms with Crippen molar-refractivity contribution in [2.75, 3.05) is 12.4 Å². The van der Waals surface area contributed by atoms with E-state index in [9.17, 15) is 14.9 Å². The van der Waals surface area contributed by atoms with Crippen LogP contribution in [0, 0.1) is 17.0 Å². The number of rotatable bonds is 4. The number of carbonyl (C=O) groups is 1. The number of aryl methyl sites for hydroxylation is 1. The number of hydrogen-bond donors (Lipinski definition) is 1. The van der Waals surface area contributed by atoms with E-state index in [0.717, 1.165) is 0 Å². The third-order valence-electron chi connectivity index (χ3n) is 2.86. The second kappa shape index (κ2) is 6.00. The molecule has 0 radical (unpaired) electrons. The summed E-state index contributed by atoms with van der Waals surface area (Å²) in [6.45, 7) is 1.66. The Hall–Kier alpha value is -2.96. The molecule has 2 rings (SSSR count). The first kappa shape index (κ1) is 14.4. The number of esters is 1. The number of aromatic nitrogens is 1. The summed E-state index contributed by atoms with van der Waals surface area (Å²) in [5.74, 6) is -0.0774. The van der Waals surface area contributed by atoms with E-state index < -0.39 is 10.9 Å². The minimum absolute atomic E-state index is 0.0177. The van der Waals surface area contributed by atoms with E-state index in [1.165, 1.54) is 31.5 Å². The number of carbonyl (C=O) groups excluding carboxylic acids is 1. The lowest BCUT2D eigenvalue weighted by Crippen LogP contribution is -2.03. The zero-order chi connectivity index (χ0) is 15.4. The maximum Gasteiger partial charge on any atom is 0.338 e. The standard InChI is InChI=1S/C14H13N3O4/c1-9-3-4-11(8-12(9)17(19)20)16-13-7-10(5-6-15-13)14(18)21-2/h3-8H,1-2H3,(H,15,16). The summed E-state index contributed by atoms with van der Waals surface area (Å²) >= 11 is 0. The van der Waals surface area contributed by atoms with Gasteiger partial charge in [-0.2, -0.15) is 0 Å². The molecular formula is C14H13N3O4. The molecule has 0 saturated carbocycles. The van der Waals surface area contributed by atoms with Gasteiger partial charge in [-0.3, -0.25) is 10.1 Å². The van der Waals surface area contributed by atoms with Gasteiger partial charge in [0.15, 0.2) is 0 Å². The summed E-state index contributed by atoms with van der Waals surface area (Å²) in [7, 11) is 1.29. The highest BCUT2D eigenvalue weighted by Gasteiger charge is 2.12. The van der Waals surface area contributed by atoms with Crippen molar-refractivity contribution in [1.29, 1.82) is 0 Å². The minimum atomic E-state index is -0.477. The first-order valence-electron chi connectivity index (χ1n) is 6.07. The van der Waals surface area contributed by atoms with Crippen molar-refractivity contribution >= 4 is 23.2 Å². The topological polar surface area (TPSA) is 94.4 Å². The Balaban J connectivity index is 2.28. The average molecular weight is 287 g/mol. The highest BCUT2D eigenvalue weighted by atomic mass is 16.6. The third kappa shape index (κ3) is 3.33. The van der Waals surface area contributed by atoms with Gasteiger partial charge in [-0.05, 0) is 25.1 Å². The molecule has 2 aromatic rings. The first-order chi connectivity index (χ1) is 10.0. The van der Waals surface area contributed by atoms with Gasteiger partial charge in [0.2, 0.25) is 0 Å². The van der Waals surface area contributed by atoms with Crippen molar-refractivity contribution in [3.63, 3.8) is 0 Å². The van der Waals surface area contributed by atoms with Gasteiger partial charge in [0.1, 0.15) is 5.82 Å². The van der Waals surface area contributed by atoms with Crippen LogP contribution in [0.5, 0.6) is 0 Å². The predicted octanol–water partition coefficient (Wildman–Crippen LogP) is 2.83. The van der Waals surface area contributed by atoms with Crippen molar-refractivity contribution < 1.29 is 14.5 Å². The number of hydrogen-bond acceptors (Lipinski definition) is 6. The van der Waals surface area contributed by atoms with Crippen molar-refractivity contribution in [3.8, 4) is 0 Å². The van der Waals surface area contributed by atoms with E-state index in [1.807, 2.05) is 0 Å². The van der Waals surface area contributed by atoms with Gasteiger partial charge in [-0.1, -0.05) is 6.07 Å². The summed E-state index contributed by atoms with van der Waals surface area (Å²) in [6, 6.07) is 7.80. The molecule has 1 aromatic heterocycles. The maximum absolute atomic E-state index is 11.4. The molecule has 1 aromatic carbocycles. The molecular weight excluding hydrogens is 274 g/mol.